The van der Waals surface area contributed by atoms with Crippen LogP contribution in [0.2, 0.25) is 5.02 Å². The van der Waals surface area contributed by atoms with Crippen molar-refractivity contribution in [1.82, 2.24) is 4.98 Å². The molecule has 0 aliphatic carbocycles. The average molecular weight is 436 g/mol. The summed E-state index contributed by atoms with van der Waals surface area (Å²) < 4.78 is 16.2. The topological polar surface area (TPSA) is 77.6 Å². The molecule has 4 rings (SSSR count). The summed E-state index contributed by atoms with van der Waals surface area (Å²) in [6.07, 6.45) is 0. The number of hydrogen-bond acceptors (Lipinski definition) is 5. The van der Waals surface area contributed by atoms with Gasteiger partial charge in [-0.3, -0.25) is 4.79 Å². The molecular formula is C24H18ClNO5. The minimum absolute atomic E-state index is 0.185. The van der Waals surface area contributed by atoms with Crippen LogP contribution in [0.4, 0.5) is 0 Å². The van der Waals surface area contributed by atoms with Gasteiger partial charge >= 0.3 is 5.97 Å². The lowest BCUT2D eigenvalue weighted by Gasteiger charge is -2.16. The Labute approximate surface area is 183 Å². The number of carbonyl (C=O) groups is 1. The SMILES string of the molecule is COC(=O)COc1ccc(-c2ccc3ccc(=O)[nH]c3c2)c(Cl)c1Oc1ccccc1. The maximum atomic E-state index is 11.7. The monoisotopic (exact) mass is 435 g/mol. The van der Waals surface area contributed by atoms with E-state index in [2.05, 4.69) is 9.72 Å². The highest BCUT2D eigenvalue weighted by Gasteiger charge is 2.18. The molecule has 4 aromatic rings. The number of aromatic amines is 1. The van der Waals surface area contributed by atoms with E-state index in [0.29, 0.717) is 27.6 Å². The van der Waals surface area contributed by atoms with Crippen molar-refractivity contribution in [3.8, 4) is 28.4 Å². The fourth-order valence-corrected chi connectivity index (χ4v) is 3.39. The number of carbonyl (C=O) groups excluding carboxylic acids is 1. The third kappa shape index (κ3) is 4.54. The lowest BCUT2D eigenvalue weighted by Crippen LogP contribution is -2.13. The molecule has 0 fully saturated rings. The lowest BCUT2D eigenvalue weighted by atomic mass is 10.0. The molecule has 0 bridgehead atoms. The largest absolute Gasteiger partial charge is 0.478 e. The summed E-state index contributed by atoms with van der Waals surface area (Å²) in [7, 11) is 1.28. The summed E-state index contributed by atoms with van der Waals surface area (Å²) in [5, 5.41) is 1.21. The van der Waals surface area contributed by atoms with Crippen molar-refractivity contribution >= 4 is 28.5 Å². The molecule has 6 nitrogen and oxygen atoms in total. The predicted molar refractivity (Wildman–Crippen MR) is 119 cm³/mol. The molecule has 3 aromatic carbocycles. The second-order valence-electron chi connectivity index (χ2n) is 6.66. The Morgan fingerprint density at radius 2 is 1.77 bits per heavy atom. The van der Waals surface area contributed by atoms with Gasteiger partial charge in [-0.15, -0.1) is 0 Å². The number of pyridine rings is 1. The highest BCUT2D eigenvalue weighted by Crippen LogP contribution is 2.44. The van der Waals surface area contributed by atoms with Gasteiger partial charge in [0, 0.05) is 17.1 Å². The Morgan fingerprint density at radius 3 is 2.55 bits per heavy atom. The van der Waals surface area contributed by atoms with Crippen LogP contribution in [0.25, 0.3) is 22.0 Å². The molecule has 0 saturated heterocycles. The van der Waals surface area contributed by atoms with Crippen LogP contribution in [0.5, 0.6) is 17.2 Å². The van der Waals surface area contributed by atoms with Crippen molar-refractivity contribution in [1.29, 1.82) is 0 Å². The zero-order valence-corrected chi connectivity index (χ0v) is 17.3. The van der Waals surface area contributed by atoms with Gasteiger partial charge in [-0.05, 0) is 47.3 Å². The highest BCUT2D eigenvalue weighted by atomic mass is 35.5. The number of ether oxygens (including phenoxy) is 3. The molecule has 0 unspecified atom stereocenters. The zero-order chi connectivity index (χ0) is 21.8. The molecule has 0 amide bonds. The first-order valence-corrected chi connectivity index (χ1v) is 9.81. The van der Waals surface area contributed by atoms with Crippen molar-refractivity contribution in [2.45, 2.75) is 0 Å². The van der Waals surface area contributed by atoms with Crippen molar-refractivity contribution in [2.24, 2.45) is 0 Å². The van der Waals surface area contributed by atoms with Gasteiger partial charge in [0.1, 0.15) is 5.75 Å². The van der Waals surface area contributed by atoms with E-state index in [4.69, 9.17) is 21.1 Å². The summed E-state index contributed by atoms with van der Waals surface area (Å²) in [6, 6.07) is 21.5. The number of benzene rings is 3. The number of esters is 1. The van der Waals surface area contributed by atoms with Gasteiger partial charge in [-0.25, -0.2) is 4.79 Å². The van der Waals surface area contributed by atoms with Gasteiger partial charge in [-0.1, -0.05) is 41.9 Å². The number of nitrogens with one attached hydrogen (secondary N) is 1. The first-order valence-electron chi connectivity index (χ1n) is 9.43. The van der Waals surface area contributed by atoms with Crippen LogP contribution in [0.1, 0.15) is 0 Å². The van der Waals surface area contributed by atoms with E-state index in [1.807, 2.05) is 36.4 Å². The maximum Gasteiger partial charge on any atom is 0.343 e. The molecule has 1 heterocycles. The van der Waals surface area contributed by atoms with Crippen LogP contribution in [0, 0.1) is 0 Å². The van der Waals surface area contributed by atoms with E-state index in [-0.39, 0.29) is 17.9 Å². The van der Waals surface area contributed by atoms with E-state index < -0.39 is 5.97 Å². The number of methoxy groups -OCH3 is 1. The fourth-order valence-electron chi connectivity index (χ4n) is 3.09. The summed E-state index contributed by atoms with van der Waals surface area (Å²) in [5.74, 6) is 0.616. The molecular weight excluding hydrogens is 418 g/mol. The molecule has 1 aromatic heterocycles. The molecule has 31 heavy (non-hydrogen) atoms. The fraction of sp³-hybridized carbons (Fsp3) is 0.0833. The summed E-state index contributed by atoms with van der Waals surface area (Å²) >= 11 is 6.74. The van der Waals surface area contributed by atoms with Gasteiger partial charge in [0.15, 0.2) is 18.1 Å². The lowest BCUT2D eigenvalue weighted by molar-refractivity contribution is -0.142. The van der Waals surface area contributed by atoms with E-state index >= 15 is 0 Å². The first kappa shape index (κ1) is 20.5. The molecule has 0 atom stereocenters. The average Bonchev–Trinajstić information content (AvgIpc) is 2.79. The van der Waals surface area contributed by atoms with Gasteiger partial charge in [0.05, 0.1) is 12.1 Å². The maximum absolute atomic E-state index is 11.7. The number of fused-ring (bicyclic) bond motifs is 1. The van der Waals surface area contributed by atoms with Gasteiger partial charge in [0.25, 0.3) is 0 Å². The normalized spacial score (nSPS) is 10.6. The second-order valence-corrected chi connectivity index (χ2v) is 7.04. The molecule has 0 radical (unpaired) electrons. The summed E-state index contributed by atoms with van der Waals surface area (Å²) in [4.78, 5) is 26.0. The number of aromatic nitrogens is 1. The van der Waals surface area contributed by atoms with Crippen LogP contribution >= 0.6 is 11.6 Å². The number of rotatable bonds is 6. The van der Waals surface area contributed by atoms with Gasteiger partial charge in [0.2, 0.25) is 5.56 Å². The molecule has 0 aliphatic heterocycles. The van der Waals surface area contributed by atoms with Crippen molar-refractivity contribution < 1.29 is 19.0 Å². The van der Waals surface area contributed by atoms with Crippen LogP contribution in [0.3, 0.4) is 0 Å². The van der Waals surface area contributed by atoms with Crippen molar-refractivity contribution in [3.05, 3.63) is 88.2 Å². The third-order valence-electron chi connectivity index (χ3n) is 4.63. The number of para-hydroxylation sites is 1. The number of halogens is 1. The Bertz CT molecular complexity index is 1300. The summed E-state index contributed by atoms with van der Waals surface area (Å²) in [6.45, 7) is -0.283. The molecule has 0 spiro atoms. The Balaban J connectivity index is 1.79. The molecule has 7 heteroatoms. The molecule has 0 saturated carbocycles. The minimum atomic E-state index is -0.524. The van der Waals surface area contributed by atoms with E-state index in [9.17, 15) is 9.59 Å². The quantitative estimate of drug-likeness (QED) is 0.421. The Kier molecular flexibility index (Phi) is 5.91. The predicted octanol–water partition coefficient (Wildman–Crippen LogP) is 5.19. The Hall–Kier alpha value is -3.77. The van der Waals surface area contributed by atoms with E-state index in [1.54, 1.807) is 30.3 Å². The van der Waals surface area contributed by atoms with E-state index in [1.165, 1.54) is 13.2 Å². The van der Waals surface area contributed by atoms with Crippen LogP contribution in [0.15, 0.2) is 77.6 Å². The second kappa shape index (κ2) is 8.93. The standard InChI is InChI=1S/C24H18ClNO5/c1-29-22(28)14-30-20-11-10-18(23(25)24(20)31-17-5-3-2-4-6-17)16-8-7-15-9-12-21(27)26-19(15)13-16/h2-13H,14H2,1H3,(H,26,27). The van der Waals surface area contributed by atoms with Crippen LogP contribution < -0.4 is 15.0 Å². The number of hydrogen-bond donors (Lipinski definition) is 1. The minimum Gasteiger partial charge on any atom is -0.478 e. The van der Waals surface area contributed by atoms with Gasteiger partial charge in [-0.2, -0.15) is 0 Å². The molecule has 0 aliphatic rings. The van der Waals surface area contributed by atoms with Crippen LogP contribution in [-0.4, -0.2) is 24.7 Å². The zero-order valence-electron chi connectivity index (χ0n) is 16.6. The summed E-state index contributed by atoms with van der Waals surface area (Å²) in [5.41, 5.74) is 1.98. The Morgan fingerprint density at radius 1 is 1.00 bits per heavy atom. The van der Waals surface area contributed by atoms with Crippen molar-refractivity contribution in [3.63, 3.8) is 0 Å². The smallest absolute Gasteiger partial charge is 0.343 e. The molecule has 156 valence electrons. The van der Waals surface area contributed by atoms with Crippen molar-refractivity contribution in [2.75, 3.05) is 13.7 Å². The van der Waals surface area contributed by atoms with E-state index in [0.717, 1.165) is 10.9 Å². The number of H-pyrrole nitrogens is 1. The first-order chi connectivity index (χ1) is 15.0. The van der Waals surface area contributed by atoms with Crippen LogP contribution in [-0.2, 0) is 9.53 Å². The third-order valence-corrected chi connectivity index (χ3v) is 5.01. The molecule has 1 N–H and O–H groups in total. The van der Waals surface area contributed by atoms with Gasteiger partial charge < -0.3 is 19.2 Å². The highest BCUT2D eigenvalue weighted by molar-refractivity contribution is 6.35.